The first kappa shape index (κ1) is 32.9. The molecule has 3 saturated carbocycles. The molecule has 0 N–H and O–H groups in total. The van der Waals surface area contributed by atoms with Crippen LogP contribution in [-0.2, 0) is 9.53 Å². The first-order valence-electron chi connectivity index (χ1n) is 17.6. The minimum Gasteiger partial charge on any atom is -0.476 e. The standard InChI is InChI=1S/C39H59ClO3/c1-9-27(25(2)3)11-10-26(4)33-18-19-34-32-17-12-28-24-31(20-22-38(28,7)35(32)21-23-39(33,34)8)42-36(41)37(5,6)43-30-15-13-29(40)14-16-30/h12-16,25-27,31-35H,9-11,17-24H2,1-8H3/t26-,27+,31+,32+,33-,34+,35+,38+,39-/m1/s1. The largest absolute Gasteiger partial charge is 0.476 e. The SMILES string of the molecule is CC[C@@H](CC[C@@H](C)[C@H]1CC[C@H]2[C@@H]3CC=C4C[C@@H](OC(=O)C(C)(C)Oc5ccc(Cl)cc5)CC[C@]4(C)[C@H]3CC[C@]12C)C(C)C. The average molecular weight is 611 g/mol. The first-order chi connectivity index (χ1) is 20.3. The Hall–Kier alpha value is -1.48. The Labute approximate surface area is 267 Å². The fourth-order valence-electron chi connectivity index (χ4n) is 10.5. The highest BCUT2D eigenvalue weighted by Crippen LogP contribution is 2.67. The van der Waals surface area contributed by atoms with Crippen molar-refractivity contribution in [2.75, 3.05) is 0 Å². The van der Waals surface area contributed by atoms with E-state index in [2.05, 4.69) is 47.6 Å². The van der Waals surface area contributed by atoms with Gasteiger partial charge in [-0.2, -0.15) is 0 Å². The Morgan fingerprint density at radius 1 is 1.00 bits per heavy atom. The summed E-state index contributed by atoms with van der Waals surface area (Å²) in [6.07, 6.45) is 16.4. The molecule has 3 nitrogen and oxygen atoms in total. The van der Waals surface area contributed by atoms with Gasteiger partial charge in [0, 0.05) is 11.4 Å². The van der Waals surface area contributed by atoms with Gasteiger partial charge in [-0.05, 0) is 142 Å². The van der Waals surface area contributed by atoms with E-state index >= 15 is 0 Å². The van der Waals surface area contributed by atoms with Crippen LogP contribution in [0.4, 0.5) is 0 Å². The number of ether oxygens (including phenoxy) is 2. The van der Waals surface area contributed by atoms with Gasteiger partial charge in [0.2, 0.25) is 0 Å². The van der Waals surface area contributed by atoms with E-state index in [0.29, 0.717) is 16.2 Å². The van der Waals surface area contributed by atoms with Crippen molar-refractivity contribution in [2.45, 2.75) is 138 Å². The molecule has 9 atom stereocenters. The summed E-state index contributed by atoms with van der Waals surface area (Å²) in [6.45, 7) is 18.6. The predicted octanol–water partition coefficient (Wildman–Crippen LogP) is 11.1. The number of fused-ring (bicyclic) bond motifs is 5. The molecule has 5 rings (SSSR count). The Kier molecular flexibility index (Phi) is 9.74. The predicted molar refractivity (Wildman–Crippen MR) is 178 cm³/mol. The van der Waals surface area contributed by atoms with E-state index in [1.807, 2.05) is 0 Å². The van der Waals surface area contributed by atoms with Crippen molar-refractivity contribution in [3.8, 4) is 5.75 Å². The second kappa shape index (κ2) is 12.7. The van der Waals surface area contributed by atoms with Crippen molar-refractivity contribution in [1.29, 1.82) is 0 Å². The van der Waals surface area contributed by atoms with Crippen molar-refractivity contribution in [2.24, 2.45) is 52.3 Å². The third-order valence-electron chi connectivity index (χ3n) is 13.2. The van der Waals surface area contributed by atoms with Gasteiger partial charge >= 0.3 is 5.97 Å². The van der Waals surface area contributed by atoms with Crippen LogP contribution >= 0.6 is 11.6 Å². The van der Waals surface area contributed by atoms with Crippen LogP contribution in [0.25, 0.3) is 0 Å². The van der Waals surface area contributed by atoms with E-state index in [-0.39, 0.29) is 17.5 Å². The molecule has 0 heterocycles. The molecular formula is C39H59ClO3. The normalized spacial score (nSPS) is 35.3. The molecule has 0 saturated heterocycles. The quantitative estimate of drug-likeness (QED) is 0.195. The lowest BCUT2D eigenvalue weighted by Gasteiger charge is -2.58. The summed E-state index contributed by atoms with van der Waals surface area (Å²) >= 11 is 6.02. The van der Waals surface area contributed by atoms with Gasteiger partial charge < -0.3 is 9.47 Å². The third-order valence-corrected chi connectivity index (χ3v) is 13.5. The van der Waals surface area contributed by atoms with E-state index in [0.717, 1.165) is 60.7 Å². The number of carbonyl (C=O) groups is 1. The van der Waals surface area contributed by atoms with Gasteiger partial charge in [-0.25, -0.2) is 4.79 Å². The number of esters is 1. The van der Waals surface area contributed by atoms with Crippen LogP contribution in [0.3, 0.4) is 0 Å². The monoisotopic (exact) mass is 610 g/mol. The summed E-state index contributed by atoms with van der Waals surface area (Å²) in [7, 11) is 0. The zero-order valence-corrected chi connectivity index (χ0v) is 29.1. The van der Waals surface area contributed by atoms with E-state index < -0.39 is 5.60 Å². The van der Waals surface area contributed by atoms with Crippen LogP contribution in [-0.4, -0.2) is 17.7 Å². The molecule has 0 unspecified atom stereocenters. The van der Waals surface area contributed by atoms with Gasteiger partial charge in [0.1, 0.15) is 11.9 Å². The molecule has 0 bridgehead atoms. The Bertz CT molecular complexity index is 1150. The summed E-state index contributed by atoms with van der Waals surface area (Å²) in [5.41, 5.74) is 1.25. The Balaban J connectivity index is 1.22. The highest BCUT2D eigenvalue weighted by molar-refractivity contribution is 6.30. The summed E-state index contributed by atoms with van der Waals surface area (Å²) < 4.78 is 12.2. The smallest absolute Gasteiger partial charge is 0.350 e. The Morgan fingerprint density at radius 2 is 1.72 bits per heavy atom. The first-order valence-corrected chi connectivity index (χ1v) is 18.0. The number of allylic oxidation sites excluding steroid dienone is 1. The molecule has 0 spiro atoms. The second-order valence-electron chi connectivity index (χ2n) is 16.3. The number of carbonyl (C=O) groups excluding carboxylic acids is 1. The molecule has 4 aliphatic rings. The molecule has 1 aromatic carbocycles. The number of halogens is 1. The van der Waals surface area contributed by atoms with Gasteiger partial charge in [0.05, 0.1) is 0 Å². The summed E-state index contributed by atoms with van der Waals surface area (Å²) in [6, 6.07) is 7.14. The Morgan fingerprint density at radius 3 is 2.40 bits per heavy atom. The molecule has 0 aromatic heterocycles. The summed E-state index contributed by atoms with van der Waals surface area (Å²) in [5, 5.41) is 0.646. The van der Waals surface area contributed by atoms with Gasteiger partial charge in [0.25, 0.3) is 0 Å². The van der Waals surface area contributed by atoms with E-state index in [1.54, 1.807) is 43.7 Å². The van der Waals surface area contributed by atoms with Crippen molar-refractivity contribution >= 4 is 17.6 Å². The molecule has 4 aliphatic carbocycles. The molecule has 0 amide bonds. The fourth-order valence-corrected chi connectivity index (χ4v) is 10.6. The summed E-state index contributed by atoms with van der Waals surface area (Å²) in [5.74, 6) is 6.18. The lowest BCUT2D eigenvalue weighted by molar-refractivity contribution is -0.167. The highest BCUT2D eigenvalue weighted by Gasteiger charge is 2.59. The molecule has 3 fully saturated rings. The van der Waals surface area contributed by atoms with E-state index in [1.165, 1.54) is 51.4 Å². The van der Waals surface area contributed by atoms with Crippen LogP contribution in [0.5, 0.6) is 5.75 Å². The number of benzene rings is 1. The van der Waals surface area contributed by atoms with Crippen molar-refractivity contribution < 1.29 is 14.3 Å². The summed E-state index contributed by atoms with van der Waals surface area (Å²) in [4.78, 5) is 13.3. The van der Waals surface area contributed by atoms with Crippen molar-refractivity contribution in [1.82, 2.24) is 0 Å². The highest BCUT2D eigenvalue weighted by atomic mass is 35.5. The molecule has 4 heteroatoms. The van der Waals surface area contributed by atoms with Crippen LogP contribution in [0.2, 0.25) is 5.02 Å². The van der Waals surface area contributed by atoms with Crippen molar-refractivity contribution in [3.63, 3.8) is 0 Å². The van der Waals surface area contributed by atoms with Crippen LogP contribution < -0.4 is 4.74 Å². The minimum atomic E-state index is -1.06. The molecule has 240 valence electrons. The maximum atomic E-state index is 13.3. The molecule has 0 radical (unpaired) electrons. The van der Waals surface area contributed by atoms with Gasteiger partial charge in [0.15, 0.2) is 5.60 Å². The van der Waals surface area contributed by atoms with Gasteiger partial charge in [-0.15, -0.1) is 0 Å². The average Bonchev–Trinajstić information content (AvgIpc) is 3.31. The van der Waals surface area contributed by atoms with E-state index in [9.17, 15) is 4.79 Å². The lowest BCUT2D eigenvalue weighted by Crippen LogP contribution is -2.51. The third kappa shape index (κ3) is 6.45. The van der Waals surface area contributed by atoms with Gasteiger partial charge in [-0.3, -0.25) is 0 Å². The lowest BCUT2D eigenvalue weighted by atomic mass is 9.47. The molecule has 1 aromatic rings. The zero-order valence-electron chi connectivity index (χ0n) is 28.4. The molecule has 0 aliphatic heterocycles. The van der Waals surface area contributed by atoms with Crippen LogP contribution in [0, 0.1) is 52.3 Å². The van der Waals surface area contributed by atoms with Crippen LogP contribution in [0.1, 0.15) is 126 Å². The second-order valence-corrected chi connectivity index (χ2v) is 16.7. The number of rotatable bonds is 10. The zero-order chi connectivity index (χ0) is 31.2. The van der Waals surface area contributed by atoms with E-state index in [4.69, 9.17) is 21.1 Å². The number of hydrogen-bond acceptors (Lipinski definition) is 3. The van der Waals surface area contributed by atoms with Crippen LogP contribution in [0.15, 0.2) is 35.9 Å². The topological polar surface area (TPSA) is 35.5 Å². The fraction of sp³-hybridized carbons (Fsp3) is 0.769. The maximum Gasteiger partial charge on any atom is 0.350 e. The maximum absolute atomic E-state index is 13.3. The van der Waals surface area contributed by atoms with Crippen molar-refractivity contribution in [3.05, 3.63) is 40.9 Å². The minimum absolute atomic E-state index is 0.0696. The molecular weight excluding hydrogens is 552 g/mol. The number of hydrogen-bond donors (Lipinski definition) is 0. The molecule has 43 heavy (non-hydrogen) atoms. The van der Waals surface area contributed by atoms with Gasteiger partial charge in [-0.1, -0.05) is 77.6 Å².